The fraction of sp³-hybridized carbons (Fsp3) is 0.143. The maximum absolute atomic E-state index is 5.32. The lowest BCUT2D eigenvalue weighted by Crippen LogP contribution is -2.19. The number of anilines is 2. The Kier molecular flexibility index (Phi) is 3.39. The van der Waals surface area contributed by atoms with E-state index in [0.29, 0.717) is 16.7 Å². The van der Waals surface area contributed by atoms with E-state index in [1.54, 1.807) is 6.20 Å². The molecule has 1 aliphatic rings. The Morgan fingerprint density at radius 1 is 1.15 bits per heavy atom. The predicted octanol–water partition coefficient (Wildman–Crippen LogP) is 2.93. The Morgan fingerprint density at radius 3 is 2.85 bits per heavy atom. The zero-order chi connectivity index (χ0) is 13.9. The summed E-state index contributed by atoms with van der Waals surface area (Å²) in [5.74, 6) is 2.17. The molecule has 0 atom stereocenters. The molecule has 0 saturated heterocycles. The van der Waals surface area contributed by atoms with Crippen molar-refractivity contribution in [3.05, 3.63) is 42.1 Å². The summed E-state index contributed by atoms with van der Waals surface area (Å²) in [5.41, 5.74) is 1.95. The van der Waals surface area contributed by atoms with Crippen LogP contribution >= 0.6 is 12.2 Å². The second-order valence-corrected chi connectivity index (χ2v) is 4.77. The highest BCUT2D eigenvalue weighted by atomic mass is 32.1. The van der Waals surface area contributed by atoms with E-state index in [1.807, 2.05) is 37.3 Å². The molecule has 102 valence electrons. The molecule has 1 aromatic carbocycles. The summed E-state index contributed by atoms with van der Waals surface area (Å²) in [6.45, 7) is 2.26. The van der Waals surface area contributed by atoms with Crippen molar-refractivity contribution < 1.29 is 9.47 Å². The van der Waals surface area contributed by atoms with Crippen LogP contribution in [0.15, 0.2) is 36.5 Å². The summed E-state index contributed by atoms with van der Waals surface area (Å²) in [6, 6.07) is 9.43. The van der Waals surface area contributed by atoms with E-state index >= 15 is 0 Å². The Labute approximate surface area is 121 Å². The lowest BCUT2D eigenvalue weighted by atomic mass is 10.3. The molecule has 0 bridgehead atoms. The van der Waals surface area contributed by atoms with Crippen molar-refractivity contribution in [3.63, 3.8) is 0 Å². The third-order valence-electron chi connectivity index (χ3n) is 2.79. The Hall–Kier alpha value is -2.34. The molecule has 6 heteroatoms. The van der Waals surface area contributed by atoms with Crippen LogP contribution in [0.1, 0.15) is 5.56 Å². The maximum atomic E-state index is 5.32. The molecule has 0 saturated carbocycles. The second kappa shape index (κ2) is 5.34. The van der Waals surface area contributed by atoms with Crippen LogP contribution in [-0.4, -0.2) is 16.9 Å². The molecule has 0 unspecified atom stereocenters. The molecule has 0 amide bonds. The van der Waals surface area contributed by atoms with E-state index in [2.05, 4.69) is 15.6 Å². The van der Waals surface area contributed by atoms with Crippen LogP contribution in [-0.2, 0) is 0 Å². The van der Waals surface area contributed by atoms with Gasteiger partial charge in [-0.2, -0.15) is 0 Å². The zero-order valence-corrected chi connectivity index (χ0v) is 11.7. The summed E-state index contributed by atoms with van der Waals surface area (Å²) < 4.78 is 10.6. The molecule has 1 aliphatic heterocycles. The molecule has 0 radical (unpaired) electrons. The number of benzene rings is 1. The van der Waals surface area contributed by atoms with Crippen molar-refractivity contribution in [2.75, 3.05) is 17.4 Å². The van der Waals surface area contributed by atoms with Gasteiger partial charge in [-0.1, -0.05) is 0 Å². The van der Waals surface area contributed by atoms with E-state index in [1.165, 1.54) is 0 Å². The van der Waals surface area contributed by atoms with Gasteiger partial charge in [0, 0.05) is 18.0 Å². The summed E-state index contributed by atoms with van der Waals surface area (Å²) in [5, 5.41) is 6.59. The van der Waals surface area contributed by atoms with Gasteiger partial charge in [-0.05, 0) is 49.0 Å². The number of hydrogen-bond donors (Lipinski definition) is 2. The first kappa shape index (κ1) is 12.7. The van der Waals surface area contributed by atoms with Crippen LogP contribution in [0, 0.1) is 6.92 Å². The van der Waals surface area contributed by atoms with Crippen LogP contribution in [0.25, 0.3) is 0 Å². The van der Waals surface area contributed by atoms with Gasteiger partial charge in [-0.25, -0.2) is 4.98 Å². The standard InChI is InChI=1S/C14H13N3O2S/c1-9-4-5-15-13(6-9)17-14(20)16-10-2-3-11-12(7-10)19-8-18-11/h2-7H,8H2,1H3,(H2,15,16,17,20). The van der Waals surface area contributed by atoms with E-state index < -0.39 is 0 Å². The van der Waals surface area contributed by atoms with Crippen molar-refractivity contribution >= 4 is 28.8 Å². The Morgan fingerprint density at radius 2 is 2.00 bits per heavy atom. The van der Waals surface area contributed by atoms with Crippen LogP contribution in [0.5, 0.6) is 11.5 Å². The fourth-order valence-corrected chi connectivity index (χ4v) is 2.08. The average molecular weight is 287 g/mol. The zero-order valence-electron chi connectivity index (χ0n) is 10.8. The lowest BCUT2D eigenvalue weighted by molar-refractivity contribution is 0.174. The smallest absolute Gasteiger partial charge is 0.231 e. The van der Waals surface area contributed by atoms with Crippen molar-refractivity contribution in [3.8, 4) is 11.5 Å². The number of pyridine rings is 1. The van der Waals surface area contributed by atoms with Gasteiger partial charge in [0.25, 0.3) is 0 Å². The van der Waals surface area contributed by atoms with Gasteiger partial charge >= 0.3 is 0 Å². The van der Waals surface area contributed by atoms with Crippen LogP contribution in [0.4, 0.5) is 11.5 Å². The number of rotatable bonds is 2. The van der Waals surface area contributed by atoms with Gasteiger partial charge in [-0.15, -0.1) is 0 Å². The molecule has 2 aromatic rings. The third kappa shape index (κ3) is 2.80. The summed E-state index contributed by atoms with van der Waals surface area (Å²) in [4.78, 5) is 4.20. The third-order valence-corrected chi connectivity index (χ3v) is 2.99. The largest absolute Gasteiger partial charge is 0.454 e. The summed E-state index contributed by atoms with van der Waals surface area (Å²) in [7, 11) is 0. The predicted molar refractivity (Wildman–Crippen MR) is 81.4 cm³/mol. The Bertz CT molecular complexity index is 661. The number of nitrogens with one attached hydrogen (secondary N) is 2. The van der Waals surface area contributed by atoms with Crippen molar-refractivity contribution in [2.45, 2.75) is 6.92 Å². The maximum Gasteiger partial charge on any atom is 0.231 e. The molecular formula is C14H13N3O2S. The van der Waals surface area contributed by atoms with E-state index in [-0.39, 0.29) is 6.79 Å². The quantitative estimate of drug-likeness (QED) is 0.828. The first-order valence-corrected chi connectivity index (χ1v) is 6.52. The minimum absolute atomic E-state index is 0.259. The molecule has 0 aliphatic carbocycles. The summed E-state index contributed by atoms with van der Waals surface area (Å²) in [6.07, 6.45) is 1.74. The normalized spacial score (nSPS) is 12.1. The minimum Gasteiger partial charge on any atom is -0.454 e. The van der Waals surface area contributed by atoms with Crippen LogP contribution in [0.2, 0.25) is 0 Å². The van der Waals surface area contributed by atoms with Crippen LogP contribution < -0.4 is 20.1 Å². The number of hydrogen-bond acceptors (Lipinski definition) is 4. The van der Waals surface area contributed by atoms with Gasteiger partial charge in [0.05, 0.1) is 0 Å². The van der Waals surface area contributed by atoms with E-state index in [4.69, 9.17) is 21.7 Å². The number of aryl methyl sites for hydroxylation is 1. The number of ether oxygens (including phenoxy) is 2. The van der Waals surface area contributed by atoms with Crippen molar-refractivity contribution in [1.82, 2.24) is 4.98 Å². The van der Waals surface area contributed by atoms with Gasteiger partial charge in [0.2, 0.25) is 6.79 Å². The molecule has 3 rings (SSSR count). The number of thiocarbonyl (C=S) groups is 1. The highest BCUT2D eigenvalue weighted by Crippen LogP contribution is 2.34. The van der Waals surface area contributed by atoms with Crippen LogP contribution in [0.3, 0.4) is 0 Å². The molecule has 1 aromatic heterocycles. The van der Waals surface area contributed by atoms with Gasteiger partial charge in [0.15, 0.2) is 16.6 Å². The van der Waals surface area contributed by atoms with E-state index in [0.717, 1.165) is 17.0 Å². The van der Waals surface area contributed by atoms with Gasteiger partial charge in [-0.3, -0.25) is 0 Å². The summed E-state index contributed by atoms with van der Waals surface area (Å²) >= 11 is 5.25. The average Bonchev–Trinajstić information content (AvgIpc) is 2.86. The molecule has 20 heavy (non-hydrogen) atoms. The first-order valence-electron chi connectivity index (χ1n) is 6.11. The molecular weight excluding hydrogens is 274 g/mol. The number of fused-ring (bicyclic) bond motifs is 1. The van der Waals surface area contributed by atoms with E-state index in [9.17, 15) is 0 Å². The number of aromatic nitrogens is 1. The fourth-order valence-electron chi connectivity index (χ4n) is 1.86. The van der Waals surface area contributed by atoms with Crippen molar-refractivity contribution in [1.29, 1.82) is 0 Å². The highest BCUT2D eigenvalue weighted by molar-refractivity contribution is 7.80. The van der Waals surface area contributed by atoms with Gasteiger partial charge < -0.3 is 20.1 Å². The molecule has 5 nitrogen and oxygen atoms in total. The van der Waals surface area contributed by atoms with Gasteiger partial charge in [0.1, 0.15) is 5.82 Å². The monoisotopic (exact) mass is 287 g/mol. The Balaban J connectivity index is 1.67. The topological polar surface area (TPSA) is 55.4 Å². The minimum atomic E-state index is 0.259. The SMILES string of the molecule is Cc1ccnc(NC(=S)Nc2ccc3c(c2)OCO3)c1. The molecule has 2 N–H and O–H groups in total. The lowest BCUT2D eigenvalue weighted by Gasteiger charge is -2.10. The molecule has 0 fully saturated rings. The first-order chi connectivity index (χ1) is 9.70. The second-order valence-electron chi connectivity index (χ2n) is 4.37. The number of nitrogens with zero attached hydrogens (tertiary/aromatic N) is 1. The molecule has 2 heterocycles. The highest BCUT2D eigenvalue weighted by Gasteiger charge is 2.13. The van der Waals surface area contributed by atoms with Crippen molar-refractivity contribution in [2.24, 2.45) is 0 Å². The molecule has 0 spiro atoms.